The number of hydrogen-bond acceptors (Lipinski definition) is 2. The van der Waals surface area contributed by atoms with Crippen molar-refractivity contribution < 1.29 is 0 Å². The van der Waals surface area contributed by atoms with E-state index in [1.54, 1.807) is 0 Å². The third-order valence-electron chi connectivity index (χ3n) is 1.87. The Morgan fingerprint density at radius 2 is 2.20 bits per heavy atom. The van der Waals surface area contributed by atoms with Crippen molar-refractivity contribution >= 4 is 0 Å². The molecule has 1 heterocycles. The summed E-state index contributed by atoms with van der Waals surface area (Å²) < 4.78 is 0. The highest BCUT2D eigenvalue weighted by Crippen LogP contribution is 2.04. The molecule has 1 aliphatic rings. The molecule has 10 heavy (non-hydrogen) atoms. The van der Waals surface area contributed by atoms with Gasteiger partial charge >= 0.3 is 0 Å². The largest absolute Gasteiger partial charge is 0.383 e. The van der Waals surface area contributed by atoms with Crippen molar-refractivity contribution in [3.63, 3.8) is 0 Å². The second kappa shape index (κ2) is 3.06. The Bertz CT molecular complexity index is 125. The number of rotatable bonds is 3. The number of hydrogen-bond donors (Lipinski definition) is 2. The minimum atomic E-state index is 0.556. The van der Waals surface area contributed by atoms with Crippen molar-refractivity contribution in [1.29, 1.82) is 0 Å². The van der Waals surface area contributed by atoms with Gasteiger partial charge < -0.3 is 10.6 Å². The summed E-state index contributed by atoms with van der Waals surface area (Å²) in [5.74, 6) is 0.556. The molecule has 1 saturated heterocycles. The molecule has 1 fully saturated rings. The molecular formula is C8H16N2. The monoisotopic (exact) mass is 140 g/mol. The van der Waals surface area contributed by atoms with E-state index in [1.807, 2.05) is 0 Å². The molecule has 0 amide bonds. The average Bonchev–Trinajstić information content (AvgIpc) is 1.77. The molecule has 58 valence electrons. The Balaban J connectivity index is 2.17. The van der Waals surface area contributed by atoms with Gasteiger partial charge in [-0.15, -0.1) is 0 Å². The molecule has 0 bridgehead atoms. The number of allylic oxidation sites excluding steroid dienone is 1. The van der Waals surface area contributed by atoms with Gasteiger partial charge in [-0.1, -0.05) is 20.4 Å². The predicted molar refractivity (Wildman–Crippen MR) is 43.8 cm³/mol. The van der Waals surface area contributed by atoms with Crippen LogP contribution in [0.15, 0.2) is 12.3 Å². The van der Waals surface area contributed by atoms with E-state index in [2.05, 4.69) is 31.1 Å². The molecular weight excluding hydrogens is 124 g/mol. The lowest BCUT2D eigenvalue weighted by atomic mass is 10.1. The van der Waals surface area contributed by atoms with Gasteiger partial charge in [0, 0.05) is 18.8 Å². The van der Waals surface area contributed by atoms with Crippen molar-refractivity contribution in [3.8, 4) is 0 Å². The first kappa shape index (κ1) is 7.61. The molecule has 0 atom stereocenters. The molecule has 0 spiro atoms. The summed E-state index contributed by atoms with van der Waals surface area (Å²) >= 11 is 0. The Hall–Kier alpha value is -0.500. The maximum Gasteiger partial charge on any atom is 0.0507 e. The summed E-state index contributed by atoms with van der Waals surface area (Å²) in [5.41, 5.74) is 1.16. The Kier molecular flexibility index (Phi) is 2.33. The third kappa shape index (κ3) is 1.74. The van der Waals surface area contributed by atoms with Crippen LogP contribution in [0.5, 0.6) is 0 Å². The van der Waals surface area contributed by atoms with Crippen LogP contribution in [0.2, 0.25) is 0 Å². The quantitative estimate of drug-likeness (QED) is 0.603. The van der Waals surface area contributed by atoms with E-state index < -0.39 is 0 Å². The maximum absolute atomic E-state index is 3.94. The zero-order valence-electron chi connectivity index (χ0n) is 6.78. The Morgan fingerprint density at radius 1 is 1.60 bits per heavy atom. The molecule has 2 heteroatoms. The first-order valence-corrected chi connectivity index (χ1v) is 3.86. The van der Waals surface area contributed by atoms with Gasteiger partial charge in [-0.05, 0) is 5.92 Å². The van der Waals surface area contributed by atoms with Gasteiger partial charge in [0.25, 0.3) is 0 Å². The van der Waals surface area contributed by atoms with Gasteiger partial charge in [0.15, 0.2) is 0 Å². The van der Waals surface area contributed by atoms with Gasteiger partial charge in [-0.2, -0.15) is 0 Å². The molecule has 2 N–H and O–H groups in total. The summed E-state index contributed by atoms with van der Waals surface area (Å²) in [6.45, 7) is 10.4. The van der Waals surface area contributed by atoms with Crippen molar-refractivity contribution in [3.05, 3.63) is 12.3 Å². The first-order chi connectivity index (χ1) is 4.70. The van der Waals surface area contributed by atoms with E-state index in [0.717, 1.165) is 18.8 Å². The fourth-order valence-electron chi connectivity index (χ4n) is 0.820. The zero-order valence-corrected chi connectivity index (χ0v) is 6.78. The van der Waals surface area contributed by atoms with Crippen LogP contribution in [-0.4, -0.2) is 19.1 Å². The lowest BCUT2D eigenvalue weighted by molar-refractivity contribution is 0.381. The fourth-order valence-corrected chi connectivity index (χ4v) is 0.820. The smallest absolute Gasteiger partial charge is 0.0507 e. The molecule has 0 unspecified atom stereocenters. The third-order valence-corrected chi connectivity index (χ3v) is 1.87. The van der Waals surface area contributed by atoms with Gasteiger partial charge in [0.1, 0.15) is 0 Å². The summed E-state index contributed by atoms with van der Waals surface area (Å²) in [4.78, 5) is 0. The minimum Gasteiger partial charge on any atom is -0.383 e. The van der Waals surface area contributed by atoms with Crippen LogP contribution in [0.1, 0.15) is 13.8 Å². The highest BCUT2D eigenvalue weighted by atomic mass is 15.1. The first-order valence-electron chi connectivity index (χ1n) is 3.86. The highest BCUT2D eigenvalue weighted by molar-refractivity contribution is 4.99. The van der Waals surface area contributed by atoms with E-state index in [1.165, 1.54) is 0 Å². The van der Waals surface area contributed by atoms with Crippen LogP contribution < -0.4 is 10.6 Å². The summed E-state index contributed by atoms with van der Waals surface area (Å²) in [6.07, 6.45) is 0. The summed E-state index contributed by atoms with van der Waals surface area (Å²) in [5, 5.41) is 6.56. The normalized spacial score (nSPS) is 18.7. The van der Waals surface area contributed by atoms with E-state index in [0.29, 0.717) is 12.0 Å². The standard InChI is InChI=1S/C8H16N2/c1-6(2)7(3)10-8-4-9-5-8/h6,8-10H,3-5H2,1-2H3. The van der Waals surface area contributed by atoms with Gasteiger partial charge in [0.05, 0.1) is 6.04 Å². The fraction of sp³-hybridized carbons (Fsp3) is 0.750. The van der Waals surface area contributed by atoms with Crippen LogP contribution in [0, 0.1) is 5.92 Å². The van der Waals surface area contributed by atoms with Crippen LogP contribution in [-0.2, 0) is 0 Å². The van der Waals surface area contributed by atoms with Crippen LogP contribution >= 0.6 is 0 Å². The minimum absolute atomic E-state index is 0.556. The zero-order chi connectivity index (χ0) is 7.56. The predicted octanol–water partition coefficient (Wildman–Crippen LogP) is 0.717. The Labute approximate surface area is 62.7 Å². The maximum atomic E-state index is 3.94. The molecule has 0 aromatic rings. The van der Waals surface area contributed by atoms with E-state index >= 15 is 0 Å². The van der Waals surface area contributed by atoms with Crippen LogP contribution in [0.4, 0.5) is 0 Å². The van der Waals surface area contributed by atoms with Gasteiger partial charge in [0.2, 0.25) is 0 Å². The van der Waals surface area contributed by atoms with Gasteiger partial charge in [-0.3, -0.25) is 0 Å². The number of nitrogens with one attached hydrogen (secondary N) is 2. The van der Waals surface area contributed by atoms with Gasteiger partial charge in [-0.25, -0.2) is 0 Å². The molecule has 0 aromatic heterocycles. The molecule has 1 rings (SSSR count). The highest BCUT2D eigenvalue weighted by Gasteiger charge is 2.16. The SMILES string of the molecule is C=C(NC1CNC1)C(C)C. The second-order valence-electron chi connectivity index (χ2n) is 3.18. The summed E-state index contributed by atoms with van der Waals surface area (Å²) in [7, 11) is 0. The summed E-state index contributed by atoms with van der Waals surface area (Å²) in [6, 6.07) is 0.634. The Morgan fingerprint density at radius 3 is 2.50 bits per heavy atom. The van der Waals surface area contributed by atoms with E-state index in [4.69, 9.17) is 0 Å². The van der Waals surface area contributed by atoms with E-state index in [-0.39, 0.29) is 0 Å². The average molecular weight is 140 g/mol. The molecule has 0 aliphatic carbocycles. The topological polar surface area (TPSA) is 24.1 Å². The van der Waals surface area contributed by atoms with Crippen molar-refractivity contribution in [2.45, 2.75) is 19.9 Å². The van der Waals surface area contributed by atoms with Crippen molar-refractivity contribution in [2.24, 2.45) is 5.92 Å². The lowest BCUT2D eigenvalue weighted by Gasteiger charge is -2.30. The van der Waals surface area contributed by atoms with Crippen molar-refractivity contribution in [1.82, 2.24) is 10.6 Å². The van der Waals surface area contributed by atoms with Crippen LogP contribution in [0.3, 0.4) is 0 Å². The molecule has 2 nitrogen and oxygen atoms in total. The van der Waals surface area contributed by atoms with Crippen LogP contribution in [0.25, 0.3) is 0 Å². The molecule has 0 aromatic carbocycles. The van der Waals surface area contributed by atoms with Crippen molar-refractivity contribution in [2.75, 3.05) is 13.1 Å². The van der Waals surface area contributed by atoms with E-state index in [9.17, 15) is 0 Å². The molecule has 0 radical (unpaired) electrons. The lowest BCUT2D eigenvalue weighted by Crippen LogP contribution is -2.55. The second-order valence-corrected chi connectivity index (χ2v) is 3.18. The molecule has 0 saturated carbocycles. The molecule has 1 aliphatic heterocycles.